The van der Waals surface area contributed by atoms with E-state index in [2.05, 4.69) is 149 Å². The highest BCUT2D eigenvalue weighted by Gasteiger charge is 2.52. The van der Waals surface area contributed by atoms with Crippen LogP contribution in [0, 0.1) is 6.92 Å². The number of anilines is 6. The van der Waals surface area contributed by atoms with Crippen molar-refractivity contribution in [1.82, 2.24) is 0 Å². The molecule has 0 atom stereocenters. The maximum Gasteiger partial charge on any atom is 0.297 e. The van der Waals surface area contributed by atoms with Crippen LogP contribution in [0.1, 0.15) is 141 Å². The van der Waals surface area contributed by atoms with E-state index in [4.69, 9.17) is 4.42 Å². The zero-order chi connectivity index (χ0) is 40.8. The van der Waals surface area contributed by atoms with Gasteiger partial charge in [0.2, 0.25) is 0 Å². The van der Waals surface area contributed by atoms with Crippen LogP contribution < -0.4 is 26.4 Å². The molecule has 0 amide bonds. The van der Waals surface area contributed by atoms with Crippen molar-refractivity contribution in [2.45, 2.75) is 137 Å². The molecule has 0 saturated heterocycles. The van der Waals surface area contributed by atoms with Crippen molar-refractivity contribution >= 4 is 57.4 Å². The Balaban J connectivity index is 1.54. The normalized spacial score (nSPS) is 18.1. The maximum absolute atomic E-state index is 9.84. The Morgan fingerprint density at radius 2 is 1.15 bits per heavy atom. The minimum atomic E-state index is -0.298. The van der Waals surface area contributed by atoms with Gasteiger partial charge in [-0.2, -0.15) is 0 Å². The molecule has 5 aromatic rings. The van der Waals surface area contributed by atoms with Crippen molar-refractivity contribution in [3.05, 3.63) is 112 Å². The van der Waals surface area contributed by atoms with Gasteiger partial charge in [-0.15, -0.1) is 0 Å². The first-order valence-electron chi connectivity index (χ1n) is 21.1. The Morgan fingerprint density at radius 3 is 1.74 bits per heavy atom. The number of hydrogen-bond donors (Lipinski definition) is 0. The van der Waals surface area contributed by atoms with E-state index in [0.717, 1.165) is 80.3 Å². The topological polar surface area (TPSA) is 19.6 Å². The molecule has 0 radical (unpaired) electrons. The van der Waals surface area contributed by atoms with Crippen LogP contribution in [0.25, 0.3) is 0 Å². The summed E-state index contributed by atoms with van der Waals surface area (Å²) < 4.78 is 36.4. The fraction of sp³-hybridized carbons (Fsp3) is 0.429. The van der Waals surface area contributed by atoms with Gasteiger partial charge in [0.1, 0.15) is 5.76 Å². The predicted octanol–water partition coefficient (Wildman–Crippen LogP) is 11.9. The Hall–Kier alpha value is -4.18. The fourth-order valence-electron chi connectivity index (χ4n) is 8.82. The summed E-state index contributed by atoms with van der Waals surface area (Å²) in [6.45, 7) is 31.0. The van der Waals surface area contributed by atoms with Gasteiger partial charge in [0.15, 0.2) is 0 Å². The molecule has 3 nitrogen and oxygen atoms in total. The minimum absolute atomic E-state index is 0.00736. The van der Waals surface area contributed by atoms with Crippen LogP contribution in [0.2, 0.25) is 0 Å². The smallest absolute Gasteiger partial charge is 0.297 e. The second-order valence-electron chi connectivity index (χ2n) is 20.5. The molecule has 8 rings (SSSR count). The molecular formula is C49H59BN2O. The van der Waals surface area contributed by atoms with E-state index >= 15 is 0 Å². The van der Waals surface area contributed by atoms with Crippen molar-refractivity contribution < 1.29 is 8.53 Å². The van der Waals surface area contributed by atoms with Crippen LogP contribution in [-0.2, 0) is 27.1 Å². The molecule has 0 N–H and O–H groups in total. The highest BCUT2D eigenvalue weighted by atomic mass is 16.3. The highest BCUT2D eigenvalue weighted by molar-refractivity contribution is 6.99. The van der Waals surface area contributed by atoms with Gasteiger partial charge in [-0.25, -0.2) is 0 Å². The van der Waals surface area contributed by atoms with E-state index < -0.39 is 0 Å². The Morgan fingerprint density at radius 1 is 0.623 bits per heavy atom. The zero-order valence-corrected chi connectivity index (χ0v) is 34.6. The van der Waals surface area contributed by atoms with E-state index in [1.54, 1.807) is 0 Å². The van der Waals surface area contributed by atoms with Crippen molar-refractivity contribution in [2.24, 2.45) is 0 Å². The third-order valence-electron chi connectivity index (χ3n) is 12.3. The summed E-state index contributed by atoms with van der Waals surface area (Å²) >= 11 is 0. The summed E-state index contributed by atoms with van der Waals surface area (Å²) in [6, 6.07) is 22.7. The number of fused-ring (bicyclic) bond motifs is 6. The average molecular weight is 706 g/mol. The summed E-state index contributed by atoms with van der Waals surface area (Å²) in [7, 11) is 0. The summed E-state index contributed by atoms with van der Waals surface area (Å²) in [4.78, 5) is 4.53. The predicted molar refractivity (Wildman–Crippen MR) is 229 cm³/mol. The molecule has 0 fully saturated rings. The lowest BCUT2D eigenvalue weighted by molar-refractivity contribution is 0.282. The molecule has 3 aliphatic rings. The van der Waals surface area contributed by atoms with Gasteiger partial charge in [-0.05, 0) is 117 Å². The summed E-state index contributed by atoms with van der Waals surface area (Å²) in [6.07, 6.45) is 2.07. The van der Waals surface area contributed by atoms with Gasteiger partial charge in [-0.1, -0.05) is 126 Å². The monoisotopic (exact) mass is 705 g/mol. The highest BCUT2D eigenvalue weighted by Crippen LogP contribution is 2.54. The van der Waals surface area contributed by atoms with Gasteiger partial charge in [-0.3, -0.25) is 0 Å². The number of rotatable bonds is 2. The molecular weight excluding hydrogens is 643 g/mol. The molecule has 4 heteroatoms. The maximum atomic E-state index is 9.84. The SMILES string of the molecule is [2H]c1cc(C(C)(C)C)cc([2H])c1N1c2cc(C)cc3c2B(c2cc(C(C)(C)C)cc([2H])c21)c1oc2c(c1N3c1ccc(C(C)(C)C)cc1)C(C)(C)CCC2(C)C. The molecule has 0 saturated carbocycles. The lowest BCUT2D eigenvalue weighted by atomic mass is 9.35. The largest absolute Gasteiger partial charge is 0.472 e. The minimum Gasteiger partial charge on any atom is -0.472 e. The van der Waals surface area contributed by atoms with E-state index in [0.29, 0.717) is 11.7 Å². The molecule has 0 spiro atoms. The zero-order valence-electron chi connectivity index (χ0n) is 37.6. The second kappa shape index (κ2) is 11.4. The number of hydrogen-bond acceptors (Lipinski definition) is 3. The Bertz CT molecular complexity index is 2410. The Kier molecular flexibility index (Phi) is 6.95. The standard InChI is InChI=1S/C49H59BN2O/c1-30-27-38-41-39(28-30)52(35-22-17-32(18-23-35)46(5,6)7)42-40-43(49(13,14)26-25-48(40,11)12)53-44(42)50(41)36-29-33(47(8,9)10)19-24-37(36)51(38)34-20-15-31(16-21-34)45(2,3)4/h15-24,27-29H,25-26H2,1-14H3/i20D,21D,24D. The van der Waals surface area contributed by atoms with E-state index in [-0.39, 0.29) is 45.9 Å². The Labute approximate surface area is 324 Å². The van der Waals surface area contributed by atoms with Gasteiger partial charge in [0.25, 0.3) is 6.71 Å². The van der Waals surface area contributed by atoms with Crippen LogP contribution in [0.5, 0.6) is 0 Å². The number of aryl methyl sites for hydroxylation is 1. The van der Waals surface area contributed by atoms with Crippen molar-refractivity contribution in [3.8, 4) is 0 Å². The first-order valence-corrected chi connectivity index (χ1v) is 19.6. The van der Waals surface area contributed by atoms with Crippen LogP contribution in [-0.4, -0.2) is 6.71 Å². The van der Waals surface area contributed by atoms with Crippen LogP contribution in [0.15, 0.2) is 83.2 Å². The van der Waals surface area contributed by atoms with E-state index in [1.807, 2.05) is 18.2 Å². The van der Waals surface area contributed by atoms with Crippen LogP contribution >= 0.6 is 0 Å². The molecule has 1 aliphatic carbocycles. The summed E-state index contributed by atoms with van der Waals surface area (Å²) in [5.74, 6) is 1.06. The molecule has 4 aromatic carbocycles. The van der Waals surface area contributed by atoms with Gasteiger partial charge in [0, 0.05) is 39.4 Å². The first kappa shape index (κ1) is 32.3. The van der Waals surface area contributed by atoms with Crippen LogP contribution in [0.3, 0.4) is 0 Å². The fourth-order valence-corrected chi connectivity index (χ4v) is 8.82. The van der Waals surface area contributed by atoms with Gasteiger partial charge >= 0.3 is 0 Å². The van der Waals surface area contributed by atoms with Crippen LogP contribution in [0.4, 0.5) is 34.1 Å². The van der Waals surface area contributed by atoms with Crippen molar-refractivity contribution in [3.63, 3.8) is 0 Å². The third-order valence-corrected chi connectivity index (χ3v) is 12.3. The lowest BCUT2D eigenvalue weighted by Crippen LogP contribution is -2.61. The summed E-state index contributed by atoms with van der Waals surface area (Å²) in [5.41, 5.74) is 13.3. The van der Waals surface area contributed by atoms with Crippen molar-refractivity contribution in [2.75, 3.05) is 9.80 Å². The molecule has 0 unspecified atom stereocenters. The average Bonchev–Trinajstić information content (AvgIpc) is 3.49. The quantitative estimate of drug-likeness (QED) is 0.167. The second-order valence-corrected chi connectivity index (χ2v) is 20.5. The number of nitrogens with zero attached hydrogens (tertiary/aromatic N) is 2. The molecule has 0 bridgehead atoms. The molecule has 3 heterocycles. The van der Waals surface area contributed by atoms with Crippen molar-refractivity contribution in [1.29, 1.82) is 0 Å². The lowest BCUT2D eigenvalue weighted by Gasteiger charge is -2.44. The molecule has 2 aliphatic heterocycles. The third kappa shape index (κ3) is 5.61. The van der Waals surface area contributed by atoms with E-state index in [9.17, 15) is 4.11 Å². The summed E-state index contributed by atoms with van der Waals surface area (Å²) in [5, 5.41) is 0. The van der Waals surface area contributed by atoms with Gasteiger partial charge < -0.3 is 14.2 Å². The van der Waals surface area contributed by atoms with E-state index in [1.165, 1.54) is 11.1 Å². The molecule has 53 heavy (non-hydrogen) atoms. The number of furan rings is 1. The van der Waals surface area contributed by atoms with Gasteiger partial charge in [0.05, 0.1) is 15.5 Å². The number of benzene rings is 4. The molecule has 274 valence electrons. The first-order chi connectivity index (χ1) is 25.8. The molecule has 1 aromatic heterocycles.